The van der Waals surface area contributed by atoms with E-state index in [9.17, 15) is 14.7 Å². The highest BCUT2D eigenvalue weighted by molar-refractivity contribution is 6.01. The van der Waals surface area contributed by atoms with Crippen molar-refractivity contribution in [3.8, 4) is 22.5 Å². The zero-order valence-electron chi connectivity index (χ0n) is 48.2. The average Bonchev–Trinajstić information content (AvgIpc) is 4.24. The molecule has 17 nitrogen and oxygen atoms in total. The second-order valence-corrected chi connectivity index (χ2v) is 23.0. The second-order valence-electron chi connectivity index (χ2n) is 23.0. The number of hydrogen-bond acceptors (Lipinski definition) is 13. The molecule has 428 valence electrons. The lowest BCUT2D eigenvalue weighted by molar-refractivity contribution is 0.0686. The summed E-state index contributed by atoms with van der Waals surface area (Å²) in [5.41, 5.74) is 16.2. The number of likely N-dealkylation sites (tertiary alicyclic amines) is 4. The topological polar surface area (TPSA) is 191 Å². The Kier molecular flexibility index (Phi) is 19.2. The molecule has 4 aliphatic rings. The lowest BCUT2D eigenvalue weighted by atomic mass is 10.1. The first-order valence-corrected chi connectivity index (χ1v) is 29.7. The van der Waals surface area contributed by atoms with Gasteiger partial charge in [-0.2, -0.15) is 0 Å². The maximum absolute atomic E-state index is 13.2. The third-order valence-electron chi connectivity index (χ3n) is 17.0. The zero-order valence-corrected chi connectivity index (χ0v) is 48.2. The number of carboxylic acids is 1. The third kappa shape index (κ3) is 14.5. The fraction of sp³-hybridized carbons (Fsp3) is 0.469. The Morgan fingerprint density at radius 1 is 0.568 bits per heavy atom. The summed E-state index contributed by atoms with van der Waals surface area (Å²) in [5, 5.41) is 24.0. The first-order chi connectivity index (χ1) is 39.4. The van der Waals surface area contributed by atoms with Gasteiger partial charge in [0, 0.05) is 119 Å². The van der Waals surface area contributed by atoms with Crippen LogP contribution in [-0.2, 0) is 14.1 Å². The number of carboxylic acid groups (broad SMARTS) is 1. The molecule has 6 aromatic heterocycles. The Bertz CT molecular complexity index is 3390. The molecule has 0 atom stereocenters. The molecule has 2 aromatic carbocycles. The fourth-order valence-electron chi connectivity index (χ4n) is 12.0. The molecule has 8 aromatic rings. The first-order valence-electron chi connectivity index (χ1n) is 29.7. The van der Waals surface area contributed by atoms with E-state index in [-0.39, 0.29) is 17.6 Å². The Labute approximate surface area is 477 Å². The summed E-state index contributed by atoms with van der Waals surface area (Å²) in [6.45, 7) is 13.4. The Balaban J connectivity index is 0.000000162. The minimum atomic E-state index is -0.928. The van der Waals surface area contributed by atoms with Gasteiger partial charge >= 0.3 is 5.97 Å². The monoisotopic (exact) mass is 1100 g/mol. The molecule has 0 spiro atoms. The molecule has 81 heavy (non-hydrogen) atoms. The van der Waals surface area contributed by atoms with Crippen LogP contribution in [0.5, 0.6) is 0 Å². The highest BCUT2D eigenvalue weighted by atomic mass is 16.4. The van der Waals surface area contributed by atoms with Crippen LogP contribution in [0.15, 0.2) is 97.6 Å². The number of piperidine rings is 4. The number of aromatic nitrogens is 6. The van der Waals surface area contributed by atoms with Gasteiger partial charge in [0.25, 0.3) is 5.91 Å². The lowest BCUT2D eigenvalue weighted by Crippen LogP contribution is -2.43. The minimum absolute atomic E-state index is 0.00201. The van der Waals surface area contributed by atoms with Crippen LogP contribution in [0.4, 0.5) is 11.4 Å². The number of benzene rings is 2. The van der Waals surface area contributed by atoms with Gasteiger partial charge in [-0.05, 0) is 204 Å². The van der Waals surface area contributed by atoms with Crippen molar-refractivity contribution in [1.29, 1.82) is 0 Å². The maximum Gasteiger partial charge on any atom is 0.352 e. The molecule has 1 amide bonds. The minimum Gasteiger partial charge on any atom is -0.477 e. The summed E-state index contributed by atoms with van der Waals surface area (Å²) in [6.07, 6.45) is 21.9. The summed E-state index contributed by atoms with van der Waals surface area (Å²) in [7, 11) is 8.03. The van der Waals surface area contributed by atoms with Crippen molar-refractivity contribution >= 4 is 66.9 Å². The van der Waals surface area contributed by atoms with Crippen LogP contribution >= 0.6 is 0 Å². The number of anilines is 2. The predicted octanol–water partition coefficient (Wildman–Crippen LogP) is 9.71. The molecule has 4 fully saturated rings. The van der Waals surface area contributed by atoms with Gasteiger partial charge in [-0.25, -0.2) is 14.8 Å². The van der Waals surface area contributed by atoms with Gasteiger partial charge in [0.05, 0.1) is 22.4 Å². The van der Waals surface area contributed by atoms with E-state index in [1.54, 1.807) is 30.1 Å². The van der Waals surface area contributed by atoms with Crippen LogP contribution in [0.1, 0.15) is 98.0 Å². The van der Waals surface area contributed by atoms with Gasteiger partial charge in [-0.1, -0.05) is 25.0 Å². The van der Waals surface area contributed by atoms with E-state index in [0.29, 0.717) is 11.7 Å². The highest BCUT2D eigenvalue weighted by Crippen LogP contribution is 2.33. The van der Waals surface area contributed by atoms with Gasteiger partial charge in [0.1, 0.15) is 11.4 Å². The molecule has 0 unspecified atom stereocenters. The van der Waals surface area contributed by atoms with Crippen molar-refractivity contribution in [3.63, 3.8) is 0 Å². The van der Waals surface area contributed by atoms with Gasteiger partial charge in [0.15, 0.2) is 0 Å². The Hall–Kier alpha value is -7.02. The Morgan fingerprint density at radius 3 is 1.49 bits per heavy atom. The van der Waals surface area contributed by atoms with Crippen LogP contribution in [0.25, 0.3) is 66.1 Å². The quantitative estimate of drug-likeness (QED) is 0.0610. The maximum atomic E-state index is 13.2. The highest BCUT2D eigenvalue weighted by Gasteiger charge is 2.22. The third-order valence-corrected chi connectivity index (χ3v) is 17.0. The number of pyridine rings is 4. The van der Waals surface area contributed by atoms with E-state index >= 15 is 0 Å². The fourth-order valence-corrected chi connectivity index (χ4v) is 12.0. The molecule has 10 heterocycles. The summed E-state index contributed by atoms with van der Waals surface area (Å²) in [4.78, 5) is 53.0. The second kappa shape index (κ2) is 27.2. The number of nitrogens with one attached hydrogen (secondary N) is 3. The number of rotatable bonds is 15. The zero-order chi connectivity index (χ0) is 56.2. The number of carbonyl (C=O) groups is 2. The molecule has 0 aliphatic carbocycles. The van der Waals surface area contributed by atoms with E-state index in [2.05, 4.69) is 89.9 Å². The lowest BCUT2D eigenvalue weighted by Gasteiger charge is -2.29. The number of aromatic carboxylic acids is 1. The number of nitrogens with zero attached hydrogens (tertiary/aromatic N) is 10. The van der Waals surface area contributed by atoms with E-state index in [1.165, 1.54) is 90.6 Å². The summed E-state index contributed by atoms with van der Waals surface area (Å²) >= 11 is 0. The number of nitrogens with two attached hydrogens (primary N) is 1. The summed E-state index contributed by atoms with van der Waals surface area (Å²) < 4.78 is 3.70. The van der Waals surface area contributed by atoms with Gasteiger partial charge in [-0.3, -0.25) is 14.8 Å². The number of aryl methyl sites for hydroxylation is 2. The van der Waals surface area contributed by atoms with Crippen molar-refractivity contribution in [2.45, 2.75) is 89.1 Å². The molecular formula is C64H84N14O3. The summed E-state index contributed by atoms with van der Waals surface area (Å²) in [5.74, 6) is -0.926. The number of carbonyl (C=O) groups excluding carboxylic acids is 1. The van der Waals surface area contributed by atoms with E-state index in [4.69, 9.17) is 15.7 Å². The van der Waals surface area contributed by atoms with Gasteiger partial charge in [-0.15, -0.1) is 0 Å². The van der Waals surface area contributed by atoms with Crippen LogP contribution in [-0.4, -0.2) is 170 Å². The molecule has 0 bridgehead atoms. The SMILES string of the molecule is CN1CCC(N)CC1.CN1CCC(NC(=O)c2cc3cc(-c4cc(NCCCN5CCCCC5)c5cnccc5n4)ccc3n2C)CC1.Cn1c(C(=O)O)cc2cc(-c3cc(NCCCN4CCCCC4)c4cnccc4n3)ccc21. The van der Waals surface area contributed by atoms with Crippen molar-refractivity contribution in [2.24, 2.45) is 19.8 Å². The summed E-state index contributed by atoms with van der Waals surface area (Å²) in [6, 6.07) is 24.9. The van der Waals surface area contributed by atoms with Crippen LogP contribution < -0.4 is 21.7 Å². The van der Waals surface area contributed by atoms with Crippen molar-refractivity contribution in [1.82, 2.24) is 54.0 Å². The van der Waals surface area contributed by atoms with E-state index in [0.717, 1.165) is 142 Å². The largest absolute Gasteiger partial charge is 0.477 e. The number of amides is 1. The van der Waals surface area contributed by atoms with E-state index in [1.807, 2.05) is 60.4 Å². The molecular weight excluding hydrogens is 1010 g/mol. The number of fused-ring (bicyclic) bond motifs is 4. The molecule has 4 aliphatic heterocycles. The molecule has 12 rings (SSSR count). The smallest absolute Gasteiger partial charge is 0.352 e. The molecule has 0 radical (unpaired) electrons. The standard InChI is InChI=1S/C32H41N7O.C26H29N5O2.C6H14N2/c1-37-17-10-25(11-18-37)35-32(40)31-20-24-19-23(7-8-30(24)38(31)2)28-21-29(26-22-33-13-9-27(26)36-28)34-12-6-16-39-14-4-3-5-15-39;1-30-24-7-6-18(14-19(24)15-25(30)26(32)33)22-16-23(20-17-27-10-8-21(20)29-22)28-9-5-13-31-11-3-2-4-12-31;1-8-4-2-6(7)3-5-8/h7-9,13,19-22,25H,3-6,10-12,14-18H2,1-2H3,(H,34,36)(H,35,40);6-8,10,14-17H,2-5,9,11-13H2,1H3,(H,28,29)(H,32,33);6H,2-5,7H2,1H3. The molecule has 0 saturated carbocycles. The first kappa shape index (κ1) is 57.2. The van der Waals surface area contributed by atoms with Gasteiger partial charge in [0.2, 0.25) is 0 Å². The van der Waals surface area contributed by atoms with E-state index < -0.39 is 5.97 Å². The van der Waals surface area contributed by atoms with Crippen LogP contribution in [0, 0.1) is 0 Å². The van der Waals surface area contributed by atoms with Gasteiger partial charge < -0.3 is 55.5 Å². The number of hydrogen-bond donors (Lipinski definition) is 5. The van der Waals surface area contributed by atoms with Crippen molar-refractivity contribution in [2.75, 3.05) is 103 Å². The normalized spacial score (nSPS) is 17.2. The molecule has 6 N–H and O–H groups in total. The van der Waals surface area contributed by atoms with Crippen molar-refractivity contribution in [3.05, 3.63) is 109 Å². The average molecular weight is 1100 g/mol. The van der Waals surface area contributed by atoms with Crippen molar-refractivity contribution < 1.29 is 14.7 Å². The predicted molar refractivity (Wildman–Crippen MR) is 329 cm³/mol. The Morgan fingerprint density at radius 2 is 1.02 bits per heavy atom. The molecule has 4 saturated heterocycles. The van der Waals surface area contributed by atoms with Crippen LogP contribution in [0.2, 0.25) is 0 Å². The van der Waals surface area contributed by atoms with Crippen LogP contribution in [0.3, 0.4) is 0 Å². The molecule has 17 heteroatoms.